The molecule has 1 rings (SSSR count). The zero-order chi connectivity index (χ0) is 11.5. The monoisotopic (exact) mass is 221 g/mol. The molecule has 0 aromatic carbocycles. The van der Waals surface area contributed by atoms with Crippen LogP contribution in [0.25, 0.3) is 0 Å². The van der Waals surface area contributed by atoms with Crippen LogP contribution in [0, 0.1) is 5.53 Å². The number of hydrogen-bond donors (Lipinski definition) is 3. The summed E-state index contributed by atoms with van der Waals surface area (Å²) >= 11 is 0. The van der Waals surface area contributed by atoms with Gasteiger partial charge in [0.2, 0.25) is 4.91 Å². The fourth-order valence-corrected chi connectivity index (χ4v) is 1.68. The van der Waals surface area contributed by atoms with E-state index in [0.29, 0.717) is 6.42 Å². The van der Waals surface area contributed by atoms with Crippen LogP contribution in [0.15, 0.2) is 5.11 Å². The highest BCUT2D eigenvalue weighted by atomic mass is 19.3. The molecular formula is C7H11F2N4O2+. The fourth-order valence-electron chi connectivity index (χ4n) is 1.68. The molecule has 2 atom stereocenters. The van der Waals surface area contributed by atoms with E-state index in [-0.39, 0.29) is 12.8 Å². The summed E-state index contributed by atoms with van der Waals surface area (Å²) in [6, 6.07) is -2.54. The molecule has 1 saturated carbocycles. The lowest BCUT2D eigenvalue weighted by atomic mass is 9.87. The van der Waals surface area contributed by atoms with E-state index >= 15 is 0 Å². The van der Waals surface area contributed by atoms with Crippen LogP contribution in [-0.2, 0) is 0 Å². The Kier molecular flexibility index (Phi) is 3.31. The molecule has 1 aliphatic carbocycles. The molecule has 0 aliphatic heterocycles. The number of amides is 1. The molecule has 0 aromatic rings. The van der Waals surface area contributed by atoms with Gasteiger partial charge in [0.05, 0.1) is 0 Å². The molecule has 6 nitrogen and oxygen atoms in total. The smallest absolute Gasteiger partial charge is 0.405 e. The molecule has 1 fully saturated rings. The topological polar surface area (TPSA) is 99.6 Å². The van der Waals surface area contributed by atoms with Crippen LogP contribution < -0.4 is 10.2 Å². The first kappa shape index (κ1) is 11.5. The van der Waals surface area contributed by atoms with Crippen molar-refractivity contribution in [3.8, 4) is 0 Å². The van der Waals surface area contributed by atoms with E-state index in [9.17, 15) is 13.6 Å². The van der Waals surface area contributed by atoms with Crippen LogP contribution in [0.3, 0.4) is 0 Å². The first-order valence-electron chi connectivity index (χ1n) is 4.41. The van der Waals surface area contributed by atoms with Gasteiger partial charge < -0.3 is 10.4 Å². The predicted octanol–water partition coefficient (Wildman–Crippen LogP) is 1.36. The van der Waals surface area contributed by atoms with Crippen molar-refractivity contribution in [2.75, 3.05) is 0 Å². The molecule has 0 heterocycles. The Balaban J connectivity index is 2.86. The molecule has 1 aliphatic rings. The molecule has 0 spiro atoms. The second-order valence-corrected chi connectivity index (χ2v) is 3.36. The van der Waals surface area contributed by atoms with Crippen molar-refractivity contribution in [1.82, 2.24) is 10.2 Å². The van der Waals surface area contributed by atoms with Gasteiger partial charge in [-0.15, -0.1) is 0 Å². The van der Waals surface area contributed by atoms with Gasteiger partial charge in [-0.05, 0) is 12.8 Å². The summed E-state index contributed by atoms with van der Waals surface area (Å²) in [6.45, 7) is 0. The maximum Gasteiger partial charge on any atom is 0.405 e. The molecular weight excluding hydrogens is 210 g/mol. The van der Waals surface area contributed by atoms with Gasteiger partial charge >= 0.3 is 6.09 Å². The minimum Gasteiger partial charge on any atom is -0.465 e. The highest BCUT2D eigenvalue weighted by molar-refractivity contribution is 5.65. The Hall–Kier alpha value is -1.56. The normalized spacial score (nSPS) is 28.9. The molecule has 15 heavy (non-hydrogen) atoms. The second-order valence-electron chi connectivity index (χ2n) is 3.36. The molecule has 0 aromatic heterocycles. The number of nitrogens with one attached hydrogen (secondary N) is 2. The van der Waals surface area contributed by atoms with Crippen molar-refractivity contribution in [2.45, 2.75) is 37.3 Å². The molecule has 1 amide bonds. The Morgan fingerprint density at radius 3 is 2.87 bits per heavy atom. The van der Waals surface area contributed by atoms with E-state index in [0.717, 1.165) is 0 Å². The van der Waals surface area contributed by atoms with Crippen molar-refractivity contribution in [1.29, 1.82) is 5.53 Å². The number of halogens is 2. The number of carbonyl (C=O) groups is 1. The average Bonchev–Trinajstić information content (AvgIpc) is 2.10. The van der Waals surface area contributed by atoms with Crippen molar-refractivity contribution in [3.63, 3.8) is 0 Å². The van der Waals surface area contributed by atoms with Crippen LogP contribution in [0.5, 0.6) is 0 Å². The molecule has 0 radical (unpaired) electrons. The van der Waals surface area contributed by atoms with Crippen molar-refractivity contribution >= 4 is 6.09 Å². The number of alkyl halides is 2. The van der Waals surface area contributed by atoms with Gasteiger partial charge in [0.15, 0.2) is 6.04 Å². The van der Waals surface area contributed by atoms with E-state index in [2.05, 4.69) is 10.0 Å². The lowest BCUT2D eigenvalue weighted by molar-refractivity contribution is -0.0686. The van der Waals surface area contributed by atoms with Gasteiger partial charge in [0.25, 0.3) is 5.92 Å². The summed E-state index contributed by atoms with van der Waals surface area (Å²) < 4.78 is 26.6. The Labute approximate surface area is 83.9 Å². The maximum absolute atomic E-state index is 13.3. The van der Waals surface area contributed by atoms with Gasteiger partial charge in [0.1, 0.15) is 16.7 Å². The van der Waals surface area contributed by atoms with E-state index in [1.165, 1.54) is 0 Å². The number of hydrogen-bond acceptors (Lipinski definition) is 3. The van der Waals surface area contributed by atoms with Crippen molar-refractivity contribution in [3.05, 3.63) is 0 Å². The van der Waals surface area contributed by atoms with Gasteiger partial charge in [-0.1, -0.05) is 0 Å². The third kappa shape index (κ3) is 2.69. The quantitative estimate of drug-likeness (QED) is 0.484. The Bertz CT molecular complexity index is 303. The third-order valence-corrected chi connectivity index (χ3v) is 2.33. The van der Waals surface area contributed by atoms with E-state index < -0.39 is 24.1 Å². The van der Waals surface area contributed by atoms with Crippen LogP contribution in [0.2, 0.25) is 0 Å². The number of carboxylic acid groups (broad SMARTS) is 1. The second kappa shape index (κ2) is 4.31. The minimum atomic E-state index is -3.13. The maximum atomic E-state index is 13.3. The van der Waals surface area contributed by atoms with E-state index in [1.807, 2.05) is 0 Å². The number of rotatable bonds is 2. The van der Waals surface area contributed by atoms with Gasteiger partial charge in [0, 0.05) is 6.42 Å². The summed E-state index contributed by atoms with van der Waals surface area (Å²) in [6.07, 6.45) is -1.34. The zero-order valence-corrected chi connectivity index (χ0v) is 7.78. The molecule has 3 N–H and O–H groups in total. The lowest BCUT2D eigenvalue weighted by Gasteiger charge is -2.32. The molecule has 0 bridgehead atoms. The SMILES string of the molecule is N=[N+]=N[C@@H]1CCCC(F)(F)C1NC(=O)O. The molecule has 0 saturated heterocycles. The summed E-state index contributed by atoms with van der Waals surface area (Å²) in [5.41, 5.74) is 6.48. The van der Waals surface area contributed by atoms with E-state index in [1.54, 1.807) is 5.32 Å². The third-order valence-electron chi connectivity index (χ3n) is 2.33. The summed E-state index contributed by atoms with van der Waals surface area (Å²) in [4.78, 5) is 13.0. The Morgan fingerprint density at radius 1 is 1.67 bits per heavy atom. The summed E-state index contributed by atoms with van der Waals surface area (Å²) in [7, 11) is 0. The highest BCUT2D eigenvalue weighted by Crippen LogP contribution is 2.34. The predicted molar refractivity (Wildman–Crippen MR) is 44.8 cm³/mol. The summed E-state index contributed by atoms with van der Waals surface area (Å²) in [5, 5.41) is 13.5. The van der Waals surface area contributed by atoms with Crippen LogP contribution >= 0.6 is 0 Å². The summed E-state index contributed by atoms with van der Waals surface area (Å²) in [5.74, 6) is -3.13. The van der Waals surface area contributed by atoms with Gasteiger partial charge in [-0.25, -0.2) is 13.6 Å². The molecule has 84 valence electrons. The Morgan fingerprint density at radius 2 is 2.33 bits per heavy atom. The molecule has 1 unspecified atom stereocenters. The van der Waals surface area contributed by atoms with Crippen LogP contribution in [-0.4, -0.2) is 29.2 Å². The highest BCUT2D eigenvalue weighted by Gasteiger charge is 2.50. The lowest BCUT2D eigenvalue weighted by Crippen LogP contribution is -2.55. The fraction of sp³-hybridized carbons (Fsp3) is 0.857. The first-order valence-corrected chi connectivity index (χ1v) is 4.41. The zero-order valence-electron chi connectivity index (χ0n) is 7.78. The largest absolute Gasteiger partial charge is 0.465 e. The first-order chi connectivity index (χ1) is 6.97. The van der Waals surface area contributed by atoms with Gasteiger partial charge in [-0.2, -0.15) is 0 Å². The van der Waals surface area contributed by atoms with E-state index in [4.69, 9.17) is 10.6 Å². The number of nitrogens with zero attached hydrogens (tertiary/aromatic N) is 2. The van der Waals surface area contributed by atoms with Crippen molar-refractivity contribution < 1.29 is 18.7 Å². The van der Waals surface area contributed by atoms with Crippen LogP contribution in [0.1, 0.15) is 19.3 Å². The standard InChI is InChI=1S/C7H10F2N4O2/c8-7(9)3-1-2-4(12-13-10)5(7)11-6(14)15/h4-5,10-11H,1-3H2/p+1/t4-,5?/m1/s1. The minimum absolute atomic E-state index is 0.245. The van der Waals surface area contributed by atoms with Crippen molar-refractivity contribution in [2.24, 2.45) is 5.11 Å². The average molecular weight is 221 g/mol. The van der Waals surface area contributed by atoms with Crippen LogP contribution in [0.4, 0.5) is 13.6 Å². The van der Waals surface area contributed by atoms with Gasteiger partial charge in [-0.3, -0.25) is 0 Å². The molecule has 8 heteroatoms.